The highest BCUT2D eigenvalue weighted by molar-refractivity contribution is 5.79. The summed E-state index contributed by atoms with van der Waals surface area (Å²) in [5.74, 6) is 1.65. The van der Waals surface area contributed by atoms with Gasteiger partial charge >= 0.3 is 5.97 Å². The molecule has 2 aromatic carbocycles. The van der Waals surface area contributed by atoms with Crippen molar-refractivity contribution < 1.29 is 9.53 Å². The molecule has 2 nitrogen and oxygen atoms in total. The molecular weight excluding hydrogens is 416 g/mol. The predicted molar refractivity (Wildman–Crippen MR) is 142 cm³/mol. The number of benzene rings is 2. The molecule has 180 valence electrons. The van der Waals surface area contributed by atoms with Crippen LogP contribution in [0.15, 0.2) is 73.8 Å². The van der Waals surface area contributed by atoms with Gasteiger partial charge in [0.05, 0.1) is 5.92 Å². The van der Waals surface area contributed by atoms with Gasteiger partial charge in [0, 0.05) is 5.92 Å². The number of carbonyl (C=O) groups excluding carboxylic acids is 1. The van der Waals surface area contributed by atoms with E-state index in [1.54, 1.807) is 0 Å². The highest BCUT2D eigenvalue weighted by Crippen LogP contribution is 2.46. The smallest absolute Gasteiger partial charge is 0.309 e. The van der Waals surface area contributed by atoms with E-state index >= 15 is 0 Å². The zero-order valence-corrected chi connectivity index (χ0v) is 20.8. The van der Waals surface area contributed by atoms with E-state index in [9.17, 15) is 4.79 Å². The van der Waals surface area contributed by atoms with Gasteiger partial charge in [-0.05, 0) is 78.5 Å². The molecule has 4 atom stereocenters. The molecule has 34 heavy (non-hydrogen) atoms. The predicted octanol–water partition coefficient (Wildman–Crippen LogP) is 8.33. The van der Waals surface area contributed by atoms with Gasteiger partial charge in [-0.3, -0.25) is 4.79 Å². The molecule has 0 radical (unpaired) electrons. The Balaban J connectivity index is 1.51. The van der Waals surface area contributed by atoms with Crippen molar-refractivity contribution >= 4 is 5.97 Å². The van der Waals surface area contributed by atoms with Crippen LogP contribution in [0.3, 0.4) is 0 Å². The first-order valence-electron chi connectivity index (χ1n) is 13.2. The van der Waals surface area contributed by atoms with E-state index in [-0.39, 0.29) is 17.8 Å². The van der Waals surface area contributed by atoms with Crippen LogP contribution in [0.25, 0.3) is 11.1 Å². The number of fused-ring (bicyclic) bond motifs is 3. The zero-order chi connectivity index (χ0) is 23.9. The fourth-order valence-electron chi connectivity index (χ4n) is 6.50. The summed E-state index contributed by atoms with van der Waals surface area (Å²) in [4.78, 5) is 13.6. The molecule has 4 rings (SSSR count). The van der Waals surface area contributed by atoms with Crippen LogP contribution in [-0.2, 0) is 9.53 Å². The summed E-state index contributed by atoms with van der Waals surface area (Å²) >= 11 is 0. The lowest BCUT2D eigenvalue weighted by Gasteiger charge is -2.34. The molecule has 0 amide bonds. The van der Waals surface area contributed by atoms with Gasteiger partial charge in [-0.15, -0.1) is 13.2 Å². The molecule has 2 aliphatic carbocycles. The number of allylic oxidation sites excluding steroid dienone is 2. The van der Waals surface area contributed by atoms with Crippen molar-refractivity contribution in [2.75, 3.05) is 6.61 Å². The van der Waals surface area contributed by atoms with E-state index in [2.05, 4.69) is 68.6 Å². The van der Waals surface area contributed by atoms with Crippen LogP contribution in [0.4, 0.5) is 0 Å². The quantitative estimate of drug-likeness (QED) is 0.204. The maximum Gasteiger partial charge on any atom is 0.309 e. The highest BCUT2D eigenvalue weighted by Gasteiger charge is 2.39. The molecule has 0 bridgehead atoms. The zero-order valence-electron chi connectivity index (χ0n) is 20.8. The third-order valence-corrected chi connectivity index (χ3v) is 8.29. The van der Waals surface area contributed by atoms with Crippen molar-refractivity contribution in [3.63, 3.8) is 0 Å². The first-order valence-corrected chi connectivity index (χ1v) is 13.2. The molecule has 1 fully saturated rings. The van der Waals surface area contributed by atoms with Gasteiger partial charge in [0.25, 0.3) is 0 Å². The molecule has 0 aliphatic heterocycles. The van der Waals surface area contributed by atoms with E-state index in [1.165, 1.54) is 35.1 Å². The second-order valence-electron chi connectivity index (χ2n) is 10.3. The third-order valence-electron chi connectivity index (χ3n) is 8.29. The van der Waals surface area contributed by atoms with Gasteiger partial charge in [-0.1, -0.05) is 80.4 Å². The number of ether oxygens (including phenoxy) is 1. The molecule has 0 saturated heterocycles. The highest BCUT2D eigenvalue weighted by atomic mass is 16.5. The van der Waals surface area contributed by atoms with Crippen molar-refractivity contribution in [1.82, 2.24) is 0 Å². The summed E-state index contributed by atoms with van der Waals surface area (Å²) in [6.07, 6.45) is 12.7. The van der Waals surface area contributed by atoms with Crippen LogP contribution in [0.2, 0.25) is 0 Å². The van der Waals surface area contributed by atoms with Crippen molar-refractivity contribution in [3.8, 4) is 11.1 Å². The van der Waals surface area contributed by atoms with E-state index in [0.717, 1.165) is 38.5 Å². The largest absolute Gasteiger partial charge is 0.464 e. The summed E-state index contributed by atoms with van der Waals surface area (Å²) in [6.45, 7) is 10.7. The summed E-state index contributed by atoms with van der Waals surface area (Å²) in [5.41, 5.74) is 5.09. The minimum absolute atomic E-state index is 0.00878. The molecule has 2 aliphatic rings. The van der Waals surface area contributed by atoms with Crippen molar-refractivity contribution in [2.24, 2.45) is 23.7 Å². The van der Waals surface area contributed by atoms with Crippen LogP contribution in [0.5, 0.6) is 0 Å². The Kier molecular flexibility index (Phi) is 8.43. The fraction of sp³-hybridized carbons (Fsp3) is 0.469. The minimum Gasteiger partial charge on any atom is -0.464 e. The van der Waals surface area contributed by atoms with Gasteiger partial charge in [0.15, 0.2) is 0 Å². The van der Waals surface area contributed by atoms with Crippen molar-refractivity contribution in [3.05, 3.63) is 85.0 Å². The fourth-order valence-corrected chi connectivity index (χ4v) is 6.50. The van der Waals surface area contributed by atoms with E-state index in [4.69, 9.17) is 4.74 Å². The Morgan fingerprint density at radius 1 is 0.971 bits per heavy atom. The maximum absolute atomic E-state index is 13.6. The summed E-state index contributed by atoms with van der Waals surface area (Å²) < 4.78 is 6.17. The Morgan fingerprint density at radius 2 is 1.59 bits per heavy atom. The summed E-state index contributed by atoms with van der Waals surface area (Å²) in [6, 6.07) is 17.1. The van der Waals surface area contributed by atoms with E-state index in [0.29, 0.717) is 24.4 Å². The normalized spacial score (nSPS) is 22.8. The van der Waals surface area contributed by atoms with E-state index in [1.807, 2.05) is 12.2 Å². The van der Waals surface area contributed by atoms with Crippen LogP contribution in [0, 0.1) is 23.7 Å². The third kappa shape index (κ3) is 5.22. The SMILES string of the molecule is C=CCCC(C)C1CCCCC(C(=O)OCC2c3ccccc3-c3ccccc32)C1CCC=C. The molecule has 0 N–H and O–H groups in total. The molecule has 2 aromatic rings. The number of rotatable bonds is 10. The van der Waals surface area contributed by atoms with Crippen molar-refractivity contribution in [2.45, 2.75) is 64.2 Å². The number of hydrogen-bond acceptors (Lipinski definition) is 2. The second-order valence-corrected chi connectivity index (χ2v) is 10.3. The lowest BCUT2D eigenvalue weighted by molar-refractivity contribution is -0.152. The molecule has 1 saturated carbocycles. The minimum atomic E-state index is -0.00878. The first-order chi connectivity index (χ1) is 16.7. The number of esters is 1. The van der Waals surface area contributed by atoms with Crippen LogP contribution in [0.1, 0.15) is 75.3 Å². The number of hydrogen-bond donors (Lipinski definition) is 0. The molecular formula is C32H40O2. The summed E-state index contributed by atoms with van der Waals surface area (Å²) in [7, 11) is 0. The van der Waals surface area contributed by atoms with Gasteiger partial charge in [0.1, 0.15) is 6.61 Å². The second kappa shape index (κ2) is 11.7. The average molecular weight is 457 g/mol. The van der Waals surface area contributed by atoms with Crippen molar-refractivity contribution in [1.29, 1.82) is 0 Å². The average Bonchev–Trinajstić information content (AvgIpc) is 3.02. The molecule has 0 heterocycles. The van der Waals surface area contributed by atoms with Crippen LogP contribution in [-0.4, -0.2) is 12.6 Å². The molecule has 4 unspecified atom stereocenters. The van der Waals surface area contributed by atoms with Gasteiger partial charge in [0.2, 0.25) is 0 Å². The van der Waals surface area contributed by atoms with Crippen LogP contribution < -0.4 is 0 Å². The maximum atomic E-state index is 13.6. The molecule has 0 spiro atoms. The molecule has 2 heteroatoms. The standard InChI is InChI=1S/C32H40O2/c1-4-6-14-23(3)24-16-8-13-21-30(25(24)15-7-5-2)32(33)34-22-31-28-19-11-9-17-26(28)27-18-10-12-20-29(27)31/h4-5,9-12,17-20,23-25,30-31H,1-2,6-8,13-16,21-22H2,3H3. The Hall–Kier alpha value is -2.61. The first kappa shape index (κ1) is 24.5. The van der Waals surface area contributed by atoms with Gasteiger partial charge in [-0.2, -0.15) is 0 Å². The topological polar surface area (TPSA) is 26.3 Å². The Labute approximate surface area is 206 Å². The van der Waals surface area contributed by atoms with E-state index < -0.39 is 0 Å². The lowest BCUT2D eigenvalue weighted by Crippen LogP contribution is -2.33. The molecule has 0 aromatic heterocycles. The van der Waals surface area contributed by atoms with Gasteiger partial charge in [-0.25, -0.2) is 0 Å². The Morgan fingerprint density at radius 3 is 2.24 bits per heavy atom. The summed E-state index contributed by atoms with van der Waals surface area (Å²) in [5, 5.41) is 0. The van der Waals surface area contributed by atoms with Crippen LogP contribution >= 0.6 is 0 Å². The lowest BCUT2D eigenvalue weighted by atomic mass is 9.71. The Bertz CT molecular complexity index is 945. The van der Waals surface area contributed by atoms with Gasteiger partial charge < -0.3 is 4.74 Å². The monoisotopic (exact) mass is 456 g/mol. The number of carbonyl (C=O) groups is 1.